The first kappa shape index (κ1) is 11.1. The van der Waals surface area contributed by atoms with Gasteiger partial charge in [0.2, 0.25) is 11.8 Å². The Kier molecular flexibility index (Phi) is 5.34. The molecule has 0 unspecified atom stereocenters. The van der Waals surface area contributed by atoms with Gasteiger partial charge in [-0.05, 0) is 12.8 Å². The smallest absolute Gasteiger partial charge is 0.229 e. The van der Waals surface area contributed by atoms with Crippen LogP contribution in [-0.2, 0) is 9.59 Å². The number of nitrogens with one attached hydrogen (secondary N) is 1. The number of hydrogen-bond donors (Lipinski definition) is 1. The van der Waals surface area contributed by atoms with Gasteiger partial charge in [-0.1, -0.05) is 20.8 Å². The van der Waals surface area contributed by atoms with Gasteiger partial charge in [-0.15, -0.1) is 0 Å². The molecule has 0 aliphatic rings. The molecule has 0 aromatic rings. The van der Waals surface area contributed by atoms with Crippen LogP contribution in [-0.4, -0.2) is 11.8 Å². The van der Waals surface area contributed by atoms with Crippen molar-refractivity contribution in [2.45, 2.75) is 40.0 Å². The van der Waals surface area contributed by atoms with Crippen molar-refractivity contribution in [1.82, 2.24) is 5.32 Å². The Balaban J connectivity index is 3.92. The molecule has 1 N–H and O–H groups in total. The Labute approximate surface area is 73.5 Å². The van der Waals surface area contributed by atoms with Crippen LogP contribution in [0.4, 0.5) is 0 Å². The summed E-state index contributed by atoms with van der Waals surface area (Å²) in [6.07, 6.45) is 1.95. The standard InChI is InChI=1S/C9H17NO2/c1-4-7(5-2)9(12)10-8(11)6-3/h7H,4-6H2,1-3H3,(H,10,11,12). The normalized spacial score (nSPS) is 10.0. The second kappa shape index (κ2) is 5.75. The Hall–Kier alpha value is -0.860. The minimum atomic E-state index is -0.188. The van der Waals surface area contributed by atoms with Crippen molar-refractivity contribution >= 4 is 11.8 Å². The molecule has 0 atom stereocenters. The summed E-state index contributed by atoms with van der Waals surface area (Å²) in [5, 5.41) is 2.35. The van der Waals surface area contributed by atoms with Crippen LogP contribution in [0.15, 0.2) is 0 Å². The largest absolute Gasteiger partial charge is 0.296 e. The molecule has 0 aromatic heterocycles. The predicted molar refractivity (Wildman–Crippen MR) is 47.5 cm³/mol. The zero-order valence-corrected chi connectivity index (χ0v) is 8.02. The molecular formula is C9H17NO2. The summed E-state index contributed by atoms with van der Waals surface area (Å²) < 4.78 is 0. The first-order chi connectivity index (χ1) is 5.65. The average molecular weight is 171 g/mol. The third-order valence-corrected chi connectivity index (χ3v) is 1.94. The van der Waals surface area contributed by atoms with Crippen molar-refractivity contribution in [3.8, 4) is 0 Å². The number of carbonyl (C=O) groups is 2. The summed E-state index contributed by atoms with van der Waals surface area (Å²) in [6, 6.07) is 0. The van der Waals surface area contributed by atoms with Crippen LogP contribution in [0.2, 0.25) is 0 Å². The molecule has 0 aliphatic heterocycles. The molecule has 0 fully saturated rings. The molecule has 0 bridgehead atoms. The molecule has 12 heavy (non-hydrogen) atoms. The summed E-state index contributed by atoms with van der Waals surface area (Å²) in [5.74, 6) is -0.334. The summed E-state index contributed by atoms with van der Waals surface area (Å²) in [7, 11) is 0. The van der Waals surface area contributed by atoms with Gasteiger partial charge in [0.1, 0.15) is 0 Å². The lowest BCUT2D eigenvalue weighted by molar-refractivity contribution is -0.132. The molecule has 0 aromatic carbocycles. The molecular weight excluding hydrogens is 154 g/mol. The molecule has 2 amide bonds. The number of hydrogen-bond acceptors (Lipinski definition) is 2. The van der Waals surface area contributed by atoms with Gasteiger partial charge in [-0.2, -0.15) is 0 Å². The number of imide groups is 1. The third kappa shape index (κ3) is 3.51. The molecule has 70 valence electrons. The lowest BCUT2D eigenvalue weighted by Gasteiger charge is -2.10. The van der Waals surface area contributed by atoms with Gasteiger partial charge in [-0.25, -0.2) is 0 Å². The minimum absolute atomic E-state index is 0.0134. The molecule has 0 radical (unpaired) electrons. The van der Waals surface area contributed by atoms with Gasteiger partial charge >= 0.3 is 0 Å². The van der Waals surface area contributed by atoms with E-state index < -0.39 is 0 Å². The molecule has 0 aliphatic carbocycles. The fraction of sp³-hybridized carbons (Fsp3) is 0.778. The fourth-order valence-electron chi connectivity index (χ4n) is 0.987. The maximum atomic E-state index is 11.2. The van der Waals surface area contributed by atoms with Crippen molar-refractivity contribution in [2.24, 2.45) is 5.92 Å². The highest BCUT2D eigenvalue weighted by Crippen LogP contribution is 2.06. The lowest BCUT2D eigenvalue weighted by atomic mass is 10.0. The van der Waals surface area contributed by atoms with Crippen LogP contribution in [0.25, 0.3) is 0 Å². The average Bonchev–Trinajstić information content (AvgIpc) is 2.06. The zero-order chi connectivity index (χ0) is 9.56. The van der Waals surface area contributed by atoms with Crippen molar-refractivity contribution in [3.63, 3.8) is 0 Å². The molecule has 0 heterocycles. The molecule has 3 nitrogen and oxygen atoms in total. The van der Waals surface area contributed by atoms with Crippen LogP contribution in [0.3, 0.4) is 0 Å². The predicted octanol–water partition coefficient (Wildman–Crippen LogP) is 1.48. The van der Waals surface area contributed by atoms with Crippen LogP contribution < -0.4 is 5.32 Å². The monoisotopic (exact) mass is 171 g/mol. The molecule has 0 saturated carbocycles. The topological polar surface area (TPSA) is 46.2 Å². The number of amides is 2. The zero-order valence-electron chi connectivity index (χ0n) is 8.02. The maximum absolute atomic E-state index is 11.2. The highest BCUT2D eigenvalue weighted by Gasteiger charge is 2.15. The van der Waals surface area contributed by atoms with Crippen LogP contribution in [0.1, 0.15) is 40.0 Å². The third-order valence-electron chi connectivity index (χ3n) is 1.94. The first-order valence-corrected chi connectivity index (χ1v) is 4.49. The fourth-order valence-corrected chi connectivity index (χ4v) is 0.987. The van der Waals surface area contributed by atoms with Crippen LogP contribution >= 0.6 is 0 Å². The van der Waals surface area contributed by atoms with Gasteiger partial charge in [0.05, 0.1) is 0 Å². The molecule has 0 spiro atoms. The van der Waals surface area contributed by atoms with E-state index in [0.29, 0.717) is 6.42 Å². The molecule has 3 heteroatoms. The van der Waals surface area contributed by atoms with Gasteiger partial charge in [0, 0.05) is 12.3 Å². The summed E-state index contributed by atoms with van der Waals surface area (Å²) in [4.78, 5) is 22.1. The van der Waals surface area contributed by atoms with Crippen LogP contribution in [0.5, 0.6) is 0 Å². The van der Waals surface area contributed by atoms with E-state index in [0.717, 1.165) is 12.8 Å². The summed E-state index contributed by atoms with van der Waals surface area (Å²) in [6.45, 7) is 5.63. The van der Waals surface area contributed by atoms with Crippen LogP contribution in [0, 0.1) is 5.92 Å². The van der Waals surface area contributed by atoms with E-state index in [1.807, 2.05) is 13.8 Å². The molecule has 0 saturated heterocycles. The minimum Gasteiger partial charge on any atom is -0.296 e. The Bertz CT molecular complexity index is 162. The van der Waals surface area contributed by atoms with Crippen molar-refractivity contribution < 1.29 is 9.59 Å². The van der Waals surface area contributed by atoms with Gasteiger partial charge in [0.25, 0.3) is 0 Å². The van der Waals surface area contributed by atoms with Gasteiger partial charge in [-0.3, -0.25) is 14.9 Å². The highest BCUT2D eigenvalue weighted by molar-refractivity contribution is 5.96. The van der Waals surface area contributed by atoms with Crippen molar-refractivity contribution in [1.29, 1.82) is 0 Å². The maximum Gasteiger partial charge on any atom is 0.229 e. The van der Waals surface area contributed by atoms with E-state index in [2.05, 4.69) is 5.32 Å². The summed E-state index contributed by atoms with van der Waals surface area (Å²) in [5.41, 5.74) is 0. The second-order valence-electron chi connectivity index (χ2n) is 2.78. The van der Waals surface area contributed by atoms with E-state index in [4.69, 9.17) is 0 Å². The Morgan fingerprint density at radius 1 is 1.17 bits per heavy atom. The van der Waals surface area contributed by atoms with E-state index >= 15 is 0 Å². The number of carbonyl (C=O) groups excluding carboxylic acids is 2. The lowest BCUT2D eigenvalue weighted by Crippen LogP contribution is -2.34. The number of rotatable bonds is 4. The quantitative estimate of drug-likeness (QED) is 0.696. The van der Waals surface area contributed by atoms with E-state index in [-0.39, 0.29) is 17.7 Å². The van der Waals surface area contributed by atoms with Gasteiger partial charge in [0.15, 0.2) is 0 Å². The van der Waals surface area contributed by atoms with E-state index in [1.165, 1.54) is 0 Å². The van der Waals surface area contributed by atoms with Gasteiger partial charge < -0.3 is 0 Å². The highest BCUT2D eigenvalue weighted by atomic mass is 16.2. The Morgan fingerprint density at radius 3 is 2.00 bits per heavy atom. The summed E-state index contributed by atoms with van der Waals surface area (Å²) >= 11 is 0. The first-order valence-electron chi connectivity index (χ1n) is 4.49. The molecule has 0 rings (SSSR count). The second-order valence-corrected chi connectivity index (χ2v) is 2.78. The van der Waals surface area contributed by atoms with E-state index in [1.54, 1.807) is 6.92 Å². The van der Waals surface area contributed by atoms with Crippen molar-refractivity contribution in [2.75, 3.05) is 0 Å². The van der Waals surface area contributed by atoms with Crippen molar-refractivity contribution in [3.05, 3.63) is 0 Å². The SMILES string of the molecule is CCC(=O)NC(=O)C(CC)CC. The Morgan fingerprint density at radius 2 is 1.67 bits per heavy atom. The van der Waals surface area contributed by atoms with E-state index in [9.17, 15) is 9.59 Å².